The van der Waals surface area contributed by atoms with Crippen LogP contribution in [0.1, 0.15) is 29.4 Å². The Morgan fingerprint density at radius 1 is 0.943 bits per heavy atom. The van der Waals surface area contributed by atoms with E-state index in [1.54, 1.807) is 0 Å². The van der Waals surface area contributed by atoms with Gasteiger partial charge in [-0.25, -0.2) is 0 Å². The number of carbonyl (C=O) groups is 1. The van der Waals surface area contributed by atoms with Crippen molar-refractivity contribution in [2.45, 2.75) is 25.5 Å². The second kappa shape index (κ2) is 9.13. The SMILES string of the molecule is O=C1CC(c2nc(-c3ccc(OCc4ccccc4)cc3)no2)CN1Cc1ccc2c(c1)OCO2. The second-order valence-electron chi connectivity index (χ2n) is 8.62. The molecule has 0 aliphatic carbocycles. The smallest absolute Gasteiger partial charge is 0.232 e. The maximum absolute atomic E-state index is 12.6. The summed E-state index contributed by atoms with van der Waals surface area (Å²) in [6.07, 6.45) is 0.346. The summed E-state index contributed by atoms with van der Waals surface area (Å²) in [5.74, 6) is 3.11. The van der Waals surface area contributed by atoms with Gasteiger partial charge in [0, 0.05) is 25.1 Å². The molecule has 6 rings (SSSR count). The van der Waals surface area contributed by atoms with Crippen LogP contribution in [0.15, 0.2) is 77.3 Å². The Kier molecular flexibility index (Phi) is 5.54. The van der Waals surface area contributed by atoms with E-state index in [4.69, 9.17) is 18.7 Å². The van der Waals surface area contributed by atoms with E-state index in [0.29, 0.717) is 43.6 Å². The first-order valence-electron chi connectivity index (χ1n) is 11.5. The van der Waals surface area contributed by atoms with Crippen molar-refractivity contribution in [2.75, 3.05) is 13.3 Å². The maximum atomic E-state index is 12.6. The fraction of sp³-hybridized carbons (Fsp3) is 0.222. The van der Waals surface area contributed by atoms with Crippen molar-refractivity contribution in [1.29, 1.82) is 0 Å². The summed E-state index contributed by atoms with van der Waals surface area (Å²) < 4.78 is 22.2. The van der Waals surface area contributed by atoms with E-state index in [9.17, 15) is 4.79 Å². The molecule has 8 heteroatoms. The maximum Gasteiger partial charge on any atom is 0.232 e. The topological polar surface area (TPSA) is 86.9 Å². The molecule has 0 N–H and O–H groups in total. The molecule has 1 unspecified atom stereocenters. The van der Waals surface area contributed by atoms with Crippen LogP contribution in [0.5, 0.6) is 17.2 Å². The van der Waals surface area contributed by atoms with Gasteiger partial charge in [-0.05, 0) is 47.5 Å². The van der Waals surface area contributed by atoms with Gasteiger partial charge in [0.25, 0.3) is 0 Å². The zero-order chi connectivity index (χ0) is 23.6. The molecule has 1 saturated heterocycles. The molecule has 2 aliphatic rings. The Hall–Kier alpha value is -4.33. The molecule has 0 radical (unpaired) electrons. The molecule has 1 amide bonds. The monoisotopic (exact) mass is 469 g/mol. The lowest BCUT2D eigenvalue weighted by atomic mass is 10.1. The largest absolute Gasteiger partial charge is 0.489 e. The molecule has 0 saturated carbocycles. The van der Waals surface area contributed by atoms with Crippen LogP contribution in [-0.4, -0.2) is 34.3 Å². The number of hydrogen-bond donors (Lipinski definition) is 0. The van der Waals surface area contributed by atoms with Crippen molar-refractivity contribution in [3.8, 4) is 28.6 Å². The van der Waals surface area contributed by atoms with Crippen molar-refractivity contribution in [1.82, 2.24) is 15.0 Å². The third-order valence-corrected chi connectivity index (χ3v) is 6.18. The number of carbonyl (C=O) groups excluding carboxylic acids is 1. The number of hydrogen-bond acceptors (Lipinski definition) is 7. The summed E-state index contributed by atoms with van der Waals surface area (Å²) in [5.41, 5.74) is 2.93. The highest BCUT2D eigenvalue weighted by Gasteiger charge is 2.34. The van der Waals surface area contributed by atoms with E-state index >= 15 is 0 Å². The van der Waals surface area contributed by atoms with E-state index in [1.165, 1.54) is 0 Å². The zero-order valence-corrected chi connectivity index (χ0v) is 18.9. The molecule has 4 aromatic rings. The molecule has 176 valence electrons. The molecule has 1 atom stereocenters. The highest BCUT2D eigenvalue weighted by atomic mass is 16.7. The van der Waals surface area contributed by atoms with Gasteiger partial charge in [-0.1, -0.05) is 41.6 Å². The van der Waals surface area contributed by atoms with Gasteiger partial charge in [-0.15, -0.1) is 0 Å². The van der Waals surface area contributed by atoms with E-state index in [2.05, 4.69) is 10.1 Å². The average molecular weight is 469 g/mol. The van der Waals surface area contributed by atoms with Crippen LogP contribution in [0.25, 0.3) is 11.4 Å². The minimum absolute atomic E-state index is 0.0623. The molecule has 35 heavy (non-hydrogen) atoms. The van der Waals surface area contributed by atoms with Gasteiger partial charge < -0.3 is 23.6 Å². The summed E-state index contributed by atoms with van der Waals surface area (Å²) in [6.45, 7) is 1.76. The molecule has 2 aliphatic heterocycles. The summed E-state index contributed by atoms with van der Waals surface area (Å²) in [5, 5.41) is 4.14. The lowest BCUT2D eigenvalue weighted by molar-refractivity contribution is -0.128. The predicted octanol–water partition coefficient (Wildman–Crippen LogP) is 4.56. The van der Waals surface area contributed by atoms with Gasteiger partial charge in [0.05, 0.1) is 5.92 Å². The normalized spacial score (nSPS) is 16.6. The van der Waals surface area contributed by atoms with E-state index in [0.717, 1.165) is 28.2 Å². The lowest BCUT2D eigenvalue weighted by Crippen LogP contribution is -2.24. The van der Waals surface area contributed by atoms with Crippen LogP contribution in [0.3, 0.4) is 0 Å². The minimum atomic E-state index is -0.133. The summed E-state index contributed by atoms with van der Waals surface area (Å²) in [6, 6.07) is 23.3. The summed E-state index contributed by atoms with van der Waals surface area (Å²) >= 11 is 0. The fourth-order valence-electron chi connectivity index (χ4n) is 4.31. The Morgan fingerprint density at radius 2 is 1.77 bits per heavy atom. The molecular formula is C27H23N3O5. The van der Waals surface area contributed by atoms with Gasteiger partial charge >= 0.3 is 0 Å². The third kappa shape index (κ3) is 4.55. The quantitative estimate of drug-likeness (QED) is 0.392. The van der Waals surface area contributed by atoms with Gasteiger partial charge in [-0.2, -0.15) is 4.98 Å². The molecule has 1 aromatic heterocycles. The van der Waals surface area contributed by atoms with Crippen molar-refractivity contribution in [2.24, 2.45) is 0 Å². The highest BCUT2D eigenvalue weighted by Crippen LogP contribution is 2.34. The van der Waals surface area contributed by atoms with Gasteiger partial charge in [0.1, 0.15) is 12.4 Å². The number of benzene rings is 3. The van der Waals surface area contributed by atoms with E-state index in [-0.39, 0.29) is 18.6 Å². The van der Waals surface area contributed by atoms with Crippen LogP contribution >= 0.6 is 0 Å². The second-order valence-corrected chi connectivity index (χ2v) is 8.62. The van der Waals surface area contributed by atoms with Gasteiger partial charge in [-0.3, -0.25) is 4.79 Å². The van der Waals surface area contributed by atoms with Crippen molar-refractivity contribution < 1.29 is 23.5 Å². The molecule has 0 bridgehead atoms. The third-order valence-electron chi connectivity index (χ3n) is 6.18. The van der Waals surface area contributed by atoms with Crippen LogP contribution < -0.4 is 14.2 Å². The van der Waals surface area contributed by atoms with E-state index in [1.807, 2.05) is 77.7 Å². The Balaban J connectivity index is 1.08. The first kappa shape index (κ1) is 21.2. The van der Waals surface area contributed by atoms with Crippen molar-refractivity contribution >= 4 is 5.91 Å². The molecular weight excluding hydrogens is 446 g/mol. The number of fused-ring (bicyclic) bond motifs is 1. The average Bonchev–Trinajstić information content (AvgIpc) is 3.64. The first-order chi connectivity index (χ1) is 17.2. The van der Waals surface area contributed by atoms with Crippen molar-refractivity contribution in [3.63, 3.8) is 0 Å². The Morgan fingerprint density at radius 3 is 2.63 bits per heavy atom. The lowest BCUT2D eigenvalue weighted by Gasteiger charge is -2.16. The Bertz CT molecular complexity index is 1340. The number of rotatable bonds is 7. The van der Waals surface area contributed by atoms with Crippen LogP contribution in [0.4, 0.5) is 0 Å². The minimum Gasteiger partial charge on any atom is -0.489 e. The first-order valence-corrected chi connectivity index (χ1v) is 11.5. The molecule has 1 fully saturated rings. The Labute approximate surface area is 202 Å². The number of amides is 1. The van der Waals surface area contributed by atoms with Crippen molar-refractivity contribution in [3.05, 3.63) is 89.8 Å². The molecule has 3 heterocycles. The van der Waals surface area contributed by atoms with Crippen LogP contribution in [-0.2, 0) is 17.9 Å². The van der Waals surface area contributed by atoms with Gasteiger partial charge in [0.15, 0.2) is 11.5 Å². The van der Waals surface area contributed by atoms with Crippen LogP contribution in [0, 0.1) is 0 Å². The molecule has 0 spiro atoms. The summed E-state index contributed by atoms with van der Waals surface area (Å²) in [7, 11) is 0. The molecule has 8 nitrogen and oxygen atoms in total. The predicted molar refractivity (Wildman–Crippen MR) is 126 cm³/mol. The van der Waals surface area contributed by atoms with Crippen LogP contribution in [0.2, 0.25) is 0 Å². The standard InChI is InChI=1S/C27H23N3O5/c31-25-13-21(15-30(25)14-19-6-11-23-24(12-19)34-17-33-23)27-28-26(29-35-27)20-7-9-22(10-8-20)32-16-18-4-2-1-3-5-18/h1-12,21H,13-17H2. The number of nitrogens with zero attached hydrogens (tertiary/aromatic N) is 3. The molecule has 3 aromatic carbocycles. The summed E-state index contributed by atoms with van der Waals surface area (Å²) in [4.78, 5) is 19.0. The number of ether oxygens (including phenoxy) is 3. The zero-order valence-electron chi connectivity index (χ0n) is 18.9. The fourth-order valence-corrected chi connectivity index (χ4v) is 4.31. The number of aromatic nitrogens is 2. The van der Waals surface area contributed by atoms with Gasteiger partial charge in [0.2, 0.25) is 24.4 Å². The number of likely N-dealkylation sites (tertiary alicyclic amines) is 1. The highest BCUT2D eigenvalue weighted by molar-refractivity contribution is 5.79. The van der Waals surface area contributed by atoms with E-state index < -0.39 is 0 Å².